The maximum atomic E-state index is 11.8. The zero-order valence-electron chi connectivity index (χ0n) is 11.7. The highest BCUT2D eigenvalue weighted by Crippen LogP contribution is 2.12. The zero-order valence-corrected chi connectivity index (χ0v) is 12.5. The van der Waals surface area contributed by atoms with Crippen LogP contribution in [-0.4, -0.2) is 47.8 Å². The third-order valence-corrected chi connectivity index (χ3v) is 3.83. The fourth-order valence-electron chi connectivity index (χ4n) is 2.61. The minimum atomic E-state index is -0.162. The third-order valence-electron chi connectivity index (χ3n) is 3.83. The van der Waals surface area contributed by atoms with E-state index in [-0.39, 0.29) is 68.0 Å². The summed E-state index contributed by atoms with van der Waals surface area (Å²) in [5.41, 5.74) is 0. The van der Waals surface area contributed by atoms with Crippen molar-refractivity contribution in [1.82, 2.24) is 15.5 Å². The summed E-state index contributed by atoms with van der Waals surface area (Å²) in [6, 6.07) is 0.416. The van der Waals surface area contributed by atoms with Crippen LogP contribution in [0.1, 0.15) is 39.0 Å². The van der Waals surface area contributed by atoms with Gasteiger partial charge in [0.05, 0.1) is 0 Å². The Kier molecular flexibility index (Phi) is 6.42. The van der Waals surface area contributed by atoms with Crippen LogP contribution in [0.4, 0.5) is 0 Å². The van der Waals surface area contributed by atoms with E-state index in [1.54, 1.807) is 0 Å². The topological polar surface area (TPSA) is 78.5 Å². The summed E-state index contributed by atoms with van der Waals surface area (Å²) in [5, 5.41) is 6.29. The largest absolute Gasteiger partial charge is 0.352 e. The maximum absolute atomic E-state index is 11.8. The SMILES string of the molecule is CC1NCCCC1NC(=O)CCN1C(=O)CCC1=O.Cl. The van der Waals surface area contributed by atoms with Crippen LogP contribution < -0.4 is 10.6 Å². The van der Waals surface area contributed by atoms with Crippen molar-refractivity contribution in [3.05, 3.63) is 0 Å². The molecule has 0 spiro atoms. The van der Waals surface area contributed by atoms with Crippen molar-refractivity contribution in [2.24, 2.45) is 0 Å². The fourth-order valence-corrected chi connectivity index (χ4v) is 2.61. The number of amides is 3. The summed E-state index contributed by atoms with van der Waals surface area (Å²) in [4.78, 5) is 35.8. The van der Waals surface area contributed by atoms with Gasteiger partial charge in [0.1, 0.15) is 0 Å². The highest BCUT2D eigenvalue weighted by molar-refractivity contribution is 6.02. The average Bonchev–Trinajstić information content (AvgIpc) is 2.70. The van der Waals surface area contributed by atoms with E-state index in [1.807, 2.05) is 0 Å². The van der Waals surface area contributed by atoms with Crippen LogP contribution in [0.3, 0.4) is 0 Å². The molecule has 114 valence electrons. The van der Waals surface area contributed by atoms with Crippen LogP contribution in [-0.2, 0) is 14.4 Å². The summed E-state index contributed by atoms with van der Waals surface area (Å²) in [6.07, 6.45) is 2.79. The summed E-state index contributed by atoms with van der Waals surface area (Å²) in [7, 11) is 0. The zero-order chi connectivity index (χ0) is 13.8. The molecule has 2 rings (SSSR count). The second-order valence-electron chi connectivity index (χ2n) is 5.25. The van der Waals surface area contributed by atoms with E-state index in [9.17, 15) is 14.4 Å². The Bertz CT molecular complexity index is 373. The van der Waals surface area contributed by atoms with Gasteiger partial charge in [-0.25, -0.2) is 0 Å². The molecule has 3 amide bonds. The average molecular weight is 304 g/mol. The molecule has 0 aromatic rings. The van der Waals surface area contributed by atoms with Gasteiger partial charge in [0.25, 0.3) is 0 Å². The molecular weight excluding hydrogens is 282 g/mol. The molecule has 2 fully saturated rings. The van der Waals surface area contributed by atoms with Gasteiger partial charge in [-0.15, -0.1) is 12.4 Å². The molecule has 2 saturated heterocycles. The summed E-state index contributed by atoms with van der Waals surface area (Å²) in [5.74, 6) is -0.413. The lowest BCUT2D eigenvalue weighted by molar-refractivity contribution is -0.138. The molecule has 20 heavy (non-hydrogen) atoms. The molecular formula is C13H22ClN3O3. The van der Waals surface area contributed by atoms with Crippen LogP contribution >= 0.6 is 12.4 Å². The van der Waals surface area contributed by atoms with Gasteiger partial charge in [-0.05, 0) is 26.3 Å². The van der Waals surface area contributed by atoms with E-state index in [0.29, 0.717) is 0 Å². The van der Waals surface area contributed by atoms with Gasteiger partial charge in [0.15, 0.2) is 0 Å². The number of nitrogens with zero attached hydrogens (tertiary/aromatic N) is 1. The lowest BCUT2D eigenvalue weighted by Crippen LogP contribution is -2.52. The molecule has 2 aliphatic heterocycles. The van der Waals surface area contributed by atoms with Crippen LogP contribution in [0.25, 0.3) is 0 Å². The van der Waals surface area contributed by atoms with E-state index in [0.717, 1.165) is 19.4 Å². The van der Waals surface area contributed by atoms with Crippen molar-refractivity contribution in [3.8, 4) is 0 Å². The van der Waals surface area contributed by atoms with Gasteiger partial charge >= 0.3 is 0 Å². The molecule has 2 heterocycles. The second-order valence-corrected chi connectivity index (χ2v) is 5.25. The molecule has 0 aromatic heterocycles. The summed E-state index contributed by atoms with van der Waals surface area (Å²) >= 11 is 0. The molecule has 6 nitrogen and oxygen atoms in total. The molecule has 0 bridgehead atoms. The predicted octanol–water partition coefficient (Wildman–Crippen LogP) is 0.204. The third kappa shape index (κ3) is 4.18. The van der Waals surface area contributed by atoms with Crippen molar-refractivity contribution in [3.63, 3.8) is 0 Å². The Hall–Kier alpha value is -1.14. The number of imide groups is 1. The van der Waals surface area contributed by atoms with Gasteiger partial charge < -0.3 is 10.6 Å². The van der Waals surface area contributed by atoms with Gasteiger partial charge in [0, 0.05) is 37.9 Å². The Morgan fingerprint density at radius 1 is 1.35 bits per heavy atom. The van der Waals surface area contributed by atoms with E-state index in [1.165, 1.54) is 4.90 Å². The molecule has 0 aromatic carbocycles. The Morgan fingerprint density at radius 3 is 2.60 bits per heavy atom. The lowest BCUT2D eigenvalue weighted by Gasteiger charge is -2.30. The number of carbonyl (C=O) groups is 3. The lowest BCUT2D eigenvalue weighted by atomic mass is 10.00. The number of rotatable bonds is 4. The fraction of sp³-hybridized carbons (Fsp3) is 0.769. The molecule has 2 aliphatic rings. The molecule has 0 radical (unpaired) electrons. The van der Waals surface area contributed by atoms with E-state index in [2.05, 4.69) is 17.6 Å². The first-order valence-electron chi connectivity index (χ1n) is 6.94. The Morgan fingerprint density at radius 2 is 2.00 bits per heavy atom. The highest BCUT2D eigenvalue weighted by Gasteiger charge is 2.29. The molecule has 2 N–H and O–H groups in total. The van der Waals surface area contributed by atoms with Crippen molar-refractivity contribution >= 4 is 30.1 Å². The monoisotopic (exact) mass is 303 g/mol. The molecule has 7 heteroatoms. The van der Waals surface area contributed by atoms with Crippen molar-refractivity contribution < 1.29 is 14.4 Å². The van der Waals surface area contributed by atoms with Crippen LogP contribution in [0.2, 0.25) is 0 Å². The minimum absolute atomic E-state index is 0. The smallest absolute Gasteiger partial charge is 0.229 e. The minimum Gasteiger partial charge on any atom is -0.352 e. The van der Waals surface area contributed by atoms with Crippen LogP contribution in [0, 0.1) is 0 Å². The van der Waals surface area contributed by atoms with Crippen molar-refractivity contribution in [2.75, 3.05) is 13.1 Å². The molecule has 2 unspecified atom stereocenters. The number of hydrogen-bond acceptors (Lipinski definition) is 4. The number of carbonyl (C=O) groups excluding carboxylic acids is 3. The second kappa shape index (κ2) is 7.59. The van der Waals surface area contributed by atoms with Crippen molar-refractivity contribution in [2.45, 2.75) is 51.1 Å². The van der Waals surface area contributed by atoms with E-state index in [4.69, 9.17) is 0 Å². The van der Waals surface area contributed by atoms with Gasteiger partial charge in [-0.3, -0.25) is 19.3 Å². The number of likely N-dealkylation sites (tertiary alicyclic amines) is 1. The number of piperidine rings is 1. The molecule has 0 saturated carbocycles. The number of halogens is 1. The molecule has 2 atom stereocenters. The number of hydrogen-bond donors (Lipinski definition) is 2. The normalized spacial score (nSPS) is 26.4. The first-order valence-corrected chi connectivity index (χ1v) is 6.94. The quantitative estimate of drug-likeness (QED) is 0.728. The maximum Gasteiger partial charge on any atom is 0.229 e. The van der Waals surface area contributed by atoms with E-state index >= 15 is 0 Å². The first-order chi connectivity index (χ1) is 9.08. The first kappa shape index (κ1) is 16.9. The standard InChI is InChI=1S/C13H21N3O3.ClH/c1-9-10(3-2-7-14-9)15-11(17)6-8-16-12(18)4-5-13(16)19;/h9-10,14H,2-8H2,1H3,(H,15,17);1H. The van der Waals surface area contributed by atoms with Gasteiger partial charge in [-0.1, -0.05) is 0 Å². The van der Waals surface area contributed by atoms with E-state index < -0.39 is 0 Å². The predicted molar refractivity (Wildman–Crippen MR) is 76.4 cm³/mol. The van der Waals surface area contributed by atoms with Crippen molar-refractivity contribution in [1.29, 1.82) is 0 Å². The number of nitrogens with one attached hydrogen (secondary N) is 2. The van der Waals surface area contributed by atoms with Crippen LogP contribution in [0.15, 0.2) is 0 Å². The summed E-state index contributed by atoms with van der Waals surface area (Å²) < 4.78 is 0. The summed E-state index contributed by atoms with van der Waals surface area (Å²) in [6.45, 7) is 3.25. The Balaban J connectivity index is 0.00000200. The van der Waals surface area contributed by atoms with Gasteiger partial charge in [0.2, 0.25) is 17.7 Å². The highest BCUT2D eigenvalue weighted by atomic mass is 35.5. The van der Waals surface area contributed by atoms with Gasteiger partial charge in [-0.2, -0.15) is 0 Å². The Labute approximate surface area is 125 Å². The molecule has 0 aliphatic carbocycles. The van der Waals surface area contributed by atoms with Crippen LogP contribution in [0.5, 0.6) is 0 Å².